The molecule has 206 valence electrons. The van der Waals surface area contributed by atoms with E-state index in [0.29, 0.717) is 56.4 Å². The maximum absolute atomic E-state index is 12.8. The zero-order chi connectivity index (χ0) is 26.7. The van der Waals surface area contributed by atoms with Crippen LogP contribution in [0.4, 0.5) is 27.2 Å². The number of hydrogen-bond donors (Lipinski definition) is 2. The number of piperidine rings is 1. The second-order valence-electron chi connectivity index (χ2n) is 8.91. The summed E-state index contributed by atoms with van der Waals surface area (Å²) < 4.78 is 15.9. The molecule has 0 bridgehead atoms. The Kier molecular flexibility index (Phi) is 9.81. The molecule has 0 aromatic carbocycles. The molecule has 0 unspecified atom stereocenters. The molecule has 2 aliphatic rings. The minimum absolute atomic E-state index is 0.0650. The van der Waals surface area contributed by atoms with Gasteiger partial charge >= 0.3 is 12.1 Å². The van der Waals surface area contributed by atoms with E-state index in [9.17, 15) is 9.59 Å². The van der Waals surface area contributed by atoms with Gasteiger partial charge in [-0.25, -0.2) is 24.5 Å². The first kappa shape index (κ1) is 27.3. The molecule has 0 aliphatic carbocycles. The van der Waals surface area contributed by atoms with E-state index in [1.54, 1.807) is 24.2 Å². The first-order chi connectivity index (χ1) is 18.5. The summed E-state index contributed by atoms with van der Waals surface area (Å²) in [7, 11) is 1.75. The van der Waals surface area contributed by atoms with Crippen molar-refractivity contribution in [3.8, 4) is 5.88 Å². The van der Waals surface area contributed by atoms with E-state index in [0.717, 1.165) is 32.5 Å². The lowest BCUT2D eigenvalue weighted by molar-refractivity contribution is 0.0290. The van der Waals surface area contributed by atoms with E-state index in [1.807, 2.05) is 11.8 Å². The molecule has 2 saturated heterocycles. The zero-order valence-electron chi connectivity index (χ0n) is 21.8. The zero-order valence-corrected chi connectivity index (χ0v) is 21.8. The van der Waals surface area contributed by atoms with Gasteiger partial charge in [0.2, 0.25) is 11.8 Å². The molecule has 2 aromatic heterocycles. The van der Waals surface area contributed by atoms with Gasteiger partial charge < -0.3 is 24.0 Å². The van der Waals surface area contributed by atoms with Crippen LogP contribution in [-0.4, -0.2) is 114 Å². The molecule has 0 spiro atoms. The van der Waals surface area contributed by atoms with E-state index in [1.165, 1.54) is 12.4 Å². The number of morpholine rings is 1. The summed E-state index contributed by atoms with van der Waals surface area (Å²) in [5, 5.41) is 5.44. The fraction of sp³-hybridized carbons (Fsp3) is 0.583. The molecule has 2 aliphatic heterocycles. The van der Waals surface area contributed by atoms with Crippen LogP contribution in [0.5, 0.6) is 5.88 Å². The average Bonchev–Trinajstić information content (AvgIpc) is 2.94. The van der Waals surface area contributed by atoms with Gasteiger partial charge in [-0.05, 0) is 25.8 Å². The van der Waals surface area contributed by atoms with Gasteiger partial charge in [0.05, 0.1) is 38.3 Å². The number of anilines is 3. The molecule has 38 heavy (non-hydrogen) atoms. The van der Waals surface area contributed by atoms with E-state index >= 15 is 0 Å². The second-order valence-corrected chi connectivity index (χ2v) is 8.91. The molecule has 2 N–H and O–H groups in total. The summed E-state index contributed by atoms with van der Waals surface area (Å²) in [6, 6.07) is 1.27. The first-order valence-corrected chi connectivity index (χ1v) is 12.8. The topological polar surface area (TPSA) is 147 Å². The molecule has 2 aromatic rings. The summed E-state index contributed by atoms with van der Waals surface area (Å²) >= 11 is 0. The third-order valence-electron chi connectivity index (χ3n) is 6.32. The predicted molar refractivity (Wildman–Crippen MR) is 139 cm³/mol. The molecule has 14 nitrogen and oxygen atoms in total. The molecule has 4 rings (SSSR count). The summed E-state index contributed by atoms with van der Waals surface area (Å²) in [5.74, 6) is 1.58. The van der Waals surface area contributed by atoms with Crippen molar-refractivity contribution < 1.29 is 23.8 Å². The van der Waals surface area contributed by atoms with Crippen LogP contribution in [0.1, 0.15) is 19.8 Å². The Hall–Kier alpha value is -3.78. The average molecular weight is 530 g/mol. The molecule has 4 heterocycles. The van der Waals surface area contributed by atoms with Crippen molar-refractivity contribution >= 4 is 29.7 Å². The highest BCUT2D eigenvalue weighted by Crippen LogP contribution is 2.21. The van der Waals surface area contributed by atoms with Gasteiger partial charge in [-0.2, -0.15) is 4.98 Å². The Labute approximate surface area is 221 Å². The molecular weight excluding hydrogens is 494 g/mol. The third kappa shape index (κ3) is 7.86. The maximum Gasteiger partial charge on any atom is 0.412 e. The largest absolute Gasteiger partial charge is 0.477 e. The minimum atomic E-state index is -0.562. The number of nitrogens with one attached hydrogen (secondary N) is 2. The standard InChI is InChI=1S/C24H35N9O5/c1-3-37-21-16-26-20(15-27-21)29-23(34)31(2)18-5-4-8-33(17-18)22-25-7-6-19(28-22)30-24(35)38-14-11-32-9-12-36-13-10-32/h6-7,15-16,18H,3-5,8-14,17H2,1-2H3,(H,26,29,34)(H,25,28,30,35)/t18-/m1/s1. The monoisotopic (exact) mass is 529 g/mol. The maximum atomic E-state index is 12.8. The van der Waals surface area contributed by atoms with Crippen molar-refractivity contribution in [1.82, 2.24) is 29.7 Å². The van der Waals surface area contributed by atoms with Gasteiger partial charge in [-0.15, -0.1) is 0 Å². The van der Waals surface area contributed by atoms with Crippen molar-refractivity contribution in [3.05, 3.63) is 24.7 Å². The van der Waals surface area contributed by atoms with E-state index in [-0.39, 0.29) is 18.7 Å². The highest BCUT2D eigenvalue weighted by molar-refractivity contribution is 5.88. The Morgan fingerprint density at radius 2 is 1.97 bits per heavy atom. The van der Waals surface area contributed by atoms with Crippen LogP contribution in [0.15, 0.2) is 24.7 Å². The number of amides is 3. The Morgan fingerprint density at radius 1 is 1.13 bits per heavy atom. The van der Waals surface area contributed by atoms with Crippen molar-refractivity contribution in [3.63, 3.8) is 0 Å². The lowest BCUT2D eigenvalue weighted by Gasteiger charge is -2.37. The Balaban J connectivity index is 1.26. The van der Waals surface area contributed by atoms with Crippen LogP contribution >= 0.6 is 0 Å². The number of carbonyl (C=O) groups excluding carboxylic acids is 2. The molecule has 14 heteroatoms. The van der Waals surface area contributed by atoms with Gasteiger partial charge in [0.25, 0.3) is 0 Å². The van der Waals surface area contributed by atoms with Crippen LogP contribution in [0, 0.1) is 0 Å². The fourth-order valence-corrected chi connectivity index (χ4v) is 4.22. The van der Waals surface area contributed by atoms with Gasteiger partial charge in [-0.1, -0.05) is 0 Å². The van der Waals surface area contributed by atoms with Crippen molar-refractivity contribution in [2.75, 3.05) is 81.7 Å². The highest BCUT2D eigenvalue weighted by atomic mass is 16.5. The van der Waals surface area contributed by atoms with E-state index in [2.05, 4.69) is 35.5 Å². The number of rotatable bonds is 9. The summed E-state index contributed by atoms with van der Waals surface area (Å²) in [6.45, 7) is 7.66. The van der Waals surface area contributed by atoms with Crippen LogP contribution < -0.4 is 20.3 Å². The Bertz CT molecular complexity index is 1050. The number of urea groups is 1. The van der Waals surface area contributed by atoms with Gasteiger partial charge in [0.15, 0.2) is 5.82 Å². The minimum Gasteiger partial charge on any atom is -0.477 e. The summed E-state index contributed by atoms with van der Waals surface area (Å²) in [5.41, 5.74) is 0. The van der Waals surface area contributed by atoms with Gasteiger partial charge in [-0.3, -0.25) is 15.5 Å². The highest BCUT2D eigenvalue weighted by Gasteiger charge is 2.28. The van der Waals surface area contributed by atoms with Crippen LogP contribution in [0.25, 0.3) is 0 Å². The predicted octanol–water partition coefficient (Wildman–Crippen LogP) is 1.68. The van der Waals surface area contributed by atoms with Crippen LogP contribution in [-0.2, 0) is 9.47 Å². The summed E-state index contributed by atoms with van der Waals surface area (Å²) in [6.07, 6.45) is 5.66. The number of hydrogen-bond acceptors (Lipinski definition) is 11. The second kappa shape index (κ2) is 13.7. The van der Waals surface area contributed by atoms with Crippen LogP contribution in [0.2, 0.25) is 0 Å². The van der Waals surface area contributed by atoms with Crippen molar-refractivity contribution in [2.45, 2.75) is 25.8 Å². The number of aromatic nitrogens is 4. The Morgan fingerprint density at radius 3 is 2.74 bits per heavy atom. The molecule has 2 fully saturated rings. The van der Waals surface area contributed by atoms with Crippen molar-refractivity contribution in [1.29, 1.82) is 0 Å². The first-order valence-electron chi connectivity index (χ1n) is 12.8. The normalized spacial score (nSPS) is 17.9. The summed E-state index contributed by atoms with van der Waals surface area (Å²) in [4.78, 5) is 48.1. The number of nitrogens with zero attached hydrogens (tertiary/aromatic N) is 7. The lowest BCUT2D eigenvalue weighted by Crippen LogP contribution is -2.50. The number of carbonyl (C=O) groups is 2. The fourth-order valence-electron chi connectivity index (χ4n) is 4.22. The van der Waals surface area contributed by atoms with Crippen molar-refractivity contribution in [2.24, 2.45) is 0 Å². The van der Waals surface area contributed by atoms with Gasteiger partial charge in [0.1, 0.15) is 12.4 Å². The molecule has 3 amide bonds. The third-order valence-corrected chi connectivity index (χ3v) is 6.32. The van der Waals surface area contributed by atoms with Crippen LogP contribution in [0.3, 0.4) is 0 Å². The van der Waals surface area contributed by atoms with E-state index in [4.69, 9.17) is 14.2 Å². The number of ether oxygens (including phenoxy) is 3. The smallest absolute Gasteiger partial charge is 0.412 e. The molecule has 0 saturated carbocycles. The lowest BCUT2D eigenvalue weighted by atomic mass is 10.1. The van der Waals surface area contributed by atoms with E-state index < -0.39 is 6.09 Å². The molecule has 0 radical (unpaired) electrons. The SMILES string of the molecule is CCOc1cnc(NC(=O)N(C)[C@@H]2CCCN(c3nccc(NC(=O)OCCN4CCOCC4)n3)C2)cn1. The number of likely N-dealkylation sites (N-methyl/N-ethyl adjacent to an activating group) is 1. The molecular formula is C24H35N9O5. The molecule has 1 atom stereocenters. The van der Waals surface area contributed by atoms with Gasteiger partial charge in [0, 0.05) is 46.0 Å². The quantitative estimate of drug-likeness (QED) is 0.489.